The Hall–Kier alpha value is -1.32. The molecule has 0 saturated carbocycles. The van der Waals surface area contributed by atoms with Crippen LogP contribution in [0.3, 0.4) is 0 Å². The molecule has 64 valence electrons. The minimum Gasteiger partial charge on any atom is -0.263 e. The highest BCUT2D eigenvalue weighted by Crippen LogP contribution is 2.08. The number of hydrogen-bond donors (Lipinski definition) is 1. The summed E-state index contributed by atoms with van der Waals surface area (Å²) in [5.74, 6) is 0.993. The number of aromatic amines is 1. The molecule has 0 unspecified atom stereocenters. The molecule has 4 heteroatoms. The summed E-state index contributed by atoms with van der Waals surface area (Å²) in [4.78, 5) is 4.41. The van der Waals surface area contributed by atoms with Gasteiger partial charge in [0.15, 0.2) is 5.65 Å². The van der Waals surface area contributed by atoms with Crippen molar-refractivity contribution in [2.75, 3.05) is 0 Å². The lowest BCUT2D eigenvalue weighted by atomic mass is 10.3. The van der Waals surface area contributed by atoms with Crippen LogP contribution in [0, 0.1) is 0 Å². The quantitative estimate of drug-likeness (QED) is 0.724. The summed E-state index contributed by atoms with van der Waals surface area (Å²) in [5, 5.41) is 7.25. The van der Waals surface area contributed by atoms with Crippen LogP contribution in [0.15, 0.2) is 6.20 Å². The smallest absolute Gasteiger partial charge is 0.178 e. The number of hydrogen-bond acceptors (Lipinski definition) is 2. The molecule has 2 aromatic heterocycles. The molecule has 0 aromatic carbocycles. The van der Waals surface area contributed by atoms with Crippen molar-refractivity contribution in [3.63, 3.8) is 0 Å². The SMILES string of the molecule is CCc1nc2c(CC)cnn2[nH]1. The first-order chi connectivity index (χ1) is 5.85. The van der Waals surface area contributed by atoms with Crippen LogP contribution >= 0.6 is 0 Å². The first-order valence-electron chi connectivity index (χ1n) is 4.26. The van der Waals surface area contributed by atoms with Gasteiger partial charge in [0, 0.05) is 12.0 Å². The van der Waals surface area contributed by atoms with Gasteiger partial charge >= 0.3 is 0 Å². The summed E-state index contributed by atoms with van der Waals surface area (Å²) in [5.41, 5.74) is 2.17. The van der Waals surface area contributed by atoms with Gasteiger partial charge in [0.1, 0.15) is 5.82 Å². The minimum atomic E-state index is 0.923. The molecule has 0 amide bonds. The molecule has 4 nitrogen and oxygen atoms in total. The van der Waals surface area contributed by atoms with Crippen molar-refractivity contribution in [2.45, 2.75) is 26.7 Å². The van der Waals surface area contributed by atoms with Crippen LogP contribution in [0.1, 0.15) is 25.2 Å². The van der Waals surface area contributed by atoms with Crippen LogP contribution in [0.5, 0.6) is 0 Å². The second-order valence-electron chi connectivity index (χ2n) is 2.78. The molecule has 0 aliphatic rings. The molecule has 12 heavy (non-hydrogen) atoms. The van der Waals surface area contributed by atoms with Crippen LogP contribution in [0.4, 0.5) is 0 Å². The second kappa shape index (κ2) is 2.62. The monoisotopic (exact) mass is 164 g/mol. The van der Waals surface area contributed by atoms with E-state index in [9.17, 15) is 0 Å². The Bertz CT molecular complexity index is 385. The molecular formula is C8H12N4. The molecule has 2 rings (SSSR count). The highest BCUT2D eigenvalue weighted by atomic mass is 15.5. The van der Waals surface area contributed by atoms with Crippen molar-refractivity contribution < 1.29 is 0 Å². The summed E-state index contributed by atoms with van der Waals surface area (Å²) >= 11 is 0. The van der Waals surface area contributed by atoms with E-state index in [0.29, 0.717) is 0 Å². The van der Waals surface area contributed by atoms with Crippen LogP contribution in [0.2, 0.25) is 0 Å². The fraction of sp³-hybridized carbons (Fsp3) is 0.500. The van der Waals surface area contributed by atoms with Gasteiger partial charge in [-0.3, -0.25) is 5.10 Å². The number of nitrogens with zero attached hydrogens (tertiary/aromatic N) is 3. The summed E-state index contributed by atoms with van der Waals surface area (Å²) in [6.07, 6.45) is 3.77. The molecule has 2 aromatic rings. The normalized spacial score (nSPS) is 11.2. The predicted octanol–water partition coefficient (Wildman–Crippen LogP) is 1.18. The van der Waals surface area contributed by atoms with Gasteiger partial charge in [-0.25, -0.2) is 4.98 Å². The van der Waals surface area contributed by atoms with Gasteiger partial charge in [0.2, 0.25) is 0 Å². The average Bonchev–Trinajstić information content (AvgIpc) is 2.61. The molecule has 1 N–H and O–H groups in total. The maximum absolute atomic E-state index is 4.41. The lowest BCUT2D eigenvalue weighted by Gasteiger charge is -1.83. The van der Waals surface area contributed by atoms with Crippen molar-refractivity contribution in [1.29, 1.82) is 0 Å². The van der Waals surface area contributed by atoms with E-state index in [2.05, 4.69) is 29.0 Å². The van der Waals surface area contributed by atoms with Crippen LogP contribution in [0.25, 0.3) is 5.65 Å². The summed E-state index contributed by atoms with van der Waals surface area (Å²) in [6, 6.07) is 0. The van der Waals surface area contributed by atoms with E-state index >= 15 is 0 Å². The van der Waals surface area contributed by atoms with Gasteiger partial charge in [-0.15, -0.1) is 0 Å². The third-order valence-corrected chi connectivity index (χ3v) is 2.01. The highest BCUT2D eigenvalue weighted by molar-refractivity contribution is 5.45. The maximum atomic E-state index is 4.41. The zero-order valence-electron chi connectivity index (χ0n) is 7.33. The third-order valence-electron chi connectivity index (χ3n) is 2.01. The van der Waals surface area contributed by atoms with Crippen LogP contribution in [-0.4, -0.2) is 19.8 Å². The number of aromatic nitrogens is 4. The van der Waals surface area contributed by atoms with Gasteiger partial charge in [0.25, 0.3) is 0 Å². The molecule has 0 radical (unpaired) electrons. The van der Waals surface area contributed by atoms with Crippen molar-refractivity contribution in [2.24, 2.45) is 0 Å². The Morgan fingerprint density at radius 1 is 1.42 bits per heavy atom. The van der Waals surface area contributed by atoms with Crippen molar-refractivity contribution >= 4 is 5.65 Å². The number of rotatable bonds is 2. The Kier molecular flexibility index (Phi) is 1.60. The Balaban J connectivity index is 2.60. The molecule has 0 aliphatic heterocycles. The van der Waals surface area contributed by atoms with Gasteiger partial charge in [-0.2, -0.15) is 9.73 Å². The van der Waals surface area contributed by atoms with E-state index < -0.39 is 0 Å². The van der Waals surface area contributed by atoms with Gasteiger partial charge in [-0.1, -0.05) is 13.8 Å². The lowest BCUT2D eigenvalue weighted by Crippen LogP contribution is -1.87. The van der Waals surface area contributed by atoms with Gasteiger partial charge in [-0.05, 0) is 6.42 Å². The van der Waals surface area contributed by atoms with E-state index in [0.717, 1.165) is 24.3 Å². The molecule has 0 bridgehead atoms. The fourth-order valence-corrected chi connectivity index (χ4v) is 1.26. The molecule has 0 saturated heterocycles. The van der Waals surface area contributed by atoms with Gasteiger partial charge in [0.05, 0.1) is 6.20 Å². The van der Waals surface area contributed by atoms with Crippen LogP contribution in [-0.2, 0) is 12.8 Å². The summed E-state index contributed by atoms with van der Waals surface area (Å²) in [7, 11) is 0. The Morgan fingerprint density at radius 2 is 2.25 bits per heavy atom. The van der Waals surface area contributed by atoms with E-state index in [4.69, 9.17) is 0 Å². The van der Waals surface area contributed by atoms with Crippen molar-refractivity contribution in [3.05, 3.63) is 17.6 Å². The van der Waals surface area contributed by atoms with E-state index in [1.807, 2.05) is 6.20 Å². The predicted molar refractivity (Wildman–Crippen MR) is 46.1 cm³/mol. The number of nitrogens with one attached hydrogen (secondary N) is 1. The standard InChI is InChI=1S/C8H12N4/c1-3-6-5-9-12-8(6)10-7(4-2)11-12/h5H,3-4H2,1-2H3,(H,10,11). The molecule has 0 atom stereocenters. The highest BCUT2D eigenvalue weighted by Gasteiger charge is 2.05. The fourth-order valence-electron chi connectivity index (χ4n) is 1.26. The van der Waals surface area contributed by atoms with Crippen LogP contribution < -0.4 is 0 Å². The molecule has 0 fully saturated rings. The van der Waals surface area contributed by atoms with Crippen molar-refractivity contribution in [3.8, 4) is 0 Å². The molecule has 2 heterocycles. The maximum Gasteiger partial charge on any atom is 0.178 e. The Labute approximate surface area is 70.6 Å². The zero-order valence-corrected chi connectivity index (χ0v) is 7.33. The molecule has 0 spiro atoms. The third kappa shape index (κ3) is 0.913. The van der Waals surface area contributed by atoms with Gasteiger partial charge < -0.3 is 0 Å². The largest absolute Gasteiger partial charge is 0.263 e. The average molecular weight is 164 g/mol. The van der Waals surface area contributed by atoms with E-state index in [1.165, 1.54) is 5.56 Å². The Morgan fingerprint density at radius 3 is 2.92 bits per heavy atom. The second-order valence-corrected chi connectivity index (χ2v) is 2.78. The molecular weight excluding hydrogens is 152 g/mol. The topological polar surface area (TPSA) is 46.0 Å². The zero-order chi connectivity index (χ0) is 8.55. The minimum absolute atomic E-state index is 0.923. The summed E-state index contributed by atoms with van der Waals surface area (Å²) < 4.78 is 1.73. The number of fused-ring (bicyclic) bond motifs is 1. The number of H-pyrrole nitrogens is 1. The van der Waals surface area contributed by atoms with Crippen molar-refractivity contribution in [1.82, 2.24) is 19.8 Å². The first kappa shape index (κ1) is 7.34. The molecule has 0 aliphatic carbocycles. The summed E-state index contributed by atoms with van der Waals surface area (Å²) in [6.45, 7) is 4.18. The first-order valence-corrected chi connectivity index (χ1v) is 4.26. The van der Waals surface area contributed by atoms with E-state index in [-0.39, 0.29) is 0 Å². The number of aryl methyl sites for hydroxylation is 2. The lowest BCUT2D eigenvalue weighted by molar-refractivity contribution is 0.789. The van der Waals surface area contributed by atoms with E-state index in [1.54, 1.807) is 4.63 Å².